The average Bonchev–Trinajstić information content (AvgIpc) is 3.21. The molecule has 2 fully saturated rings. The molecule has 0 N–H and O–H groups in total. The summed E-state index contributed by atoms with van der Waals surface area (Å²) in [6.07, 6.45) is 15.4. The lowest BCUT2D eigenvalue weighted by Gasteiger charge is -2.60. The van der Waals surface area contributed by atoms with Gasteiger partial charge in [-0.25, -0.2) is 13.6 Å². The Balaban J connectivity index is 1.32. The van der Waals surface area contributed by atoms with Crippen LogP contribution >= 0.6 is 0 Å². The third-order valence-electron chi connectivity index (χ3n) is 11.8. The fraction of sp³-hybridized carbons (Fsp3) is 0.686. The Labute approximate surface area is 234 Å². The molecule has 2 saturated carbocycles. The monoisotopic (exact) mass is 538 g/mol. The van der Waals surface area contributed by atoms with Gasteiger partial charge in [-0.15, -0.1) is 0 Å². The number of ether oxygens (including phenoxy) is 1. The predicted molar refractivity (Wildman–Crippen MR) is 153 cm³/mol. The third kappa shape index (κ3) is 4.93. The molecule has 0 radical (unpaired) electrons. The Morgan fingerprint density at radius 1 is 1.00 bits per heavy atom. The Hall–Kier alpha value is -1.97. The van der Waals surface area contributed by atoms with Gasteiger partial charge in [0.25, 0.3) is 0 Å². The maximum atomic E-state index is 13.8. The van der Waals surface area contributed by atoms with Crippen LogP contribution in [-0.2, 0) is 4.74 Å². The van der Waals surface area contributed by atoms with E-state index in [2.05, 4.69) is 47.6 Å². The molecule has 6 atom stereocenters. The zero-order valence-electron chi connectivity index (χ0n) is 25.0. The standard InChI is InChI=1S/C35H48F2O2/c1-22(2)9-7-8-10-24-12-14-26-25-13-16-30-33(3,4)31(39-32(38)23-11-15-28(36)29(37)21-23)18-20-35(30,6)27(25)17-19-34(24,26)5/h9,11,15,21,24,26,30-31H,7-8,10,12-14,16-20H2,1-6H3. The molecule has 6 unspecified atom stereocenters. The summed E-state index contributed by atoms with van der Waals surface area (Å²) in [6.45, 7) is 14.0. The van der Waals surface area contributed by atoms with Gasteiger partial charge in [-0.3, -0.25) is 0 Å². The highest BCUT2D eigenvalue weighted by Gasteiger charge is 2.59. The molecular weight excluding hydrogens is 490 g/mol. The van der Waals surface area contributed by atoms with Crippen LogP contribution in [-0.4, -0.2) is 12.1 Å². The van der Waals surface area contributed by atoms with Crippen molar-refractivity contribution in [2.24, 2.45) is 34.0 Å². The predicted octanol–water partition coefficient (Wildman–Crippen LogP) is 9.99. The van der Waals surface area contributed by atoms with Crippen molar-refractivity contribution in [3.05, 3.63) is 58.2 Å². The summed E-state index contributed by atoms with van der Waals surface area (Å²) < 4.78 is 33.2. The molecule has 2 nitrogen and oxygen atoms in total. The topological polar surface area (TPSA) is 26.3 Å². The number of benzene rings is 1. The fourth-order valence-electron chi connectivity index (χ4n) is 9.64. The molecule has 214 valence electrons. The molecule has 4 aliphatic carbocycles. The van der Waals surface area contributed by atoms with Gasteiger partial charge in [-0.05, 0) is 131 Å². The molecule has 0 heterocycles. The number of allylic oxidation sites excluding steroid dienone is 4. The van der Waals surface area contributed by atoms with Crippen LogP contribution in [0.25, 0.3) is 0 Å². The molecule has 5 rings (SSSR count). The first-order chi connectivity index (χ1) is 18.4. The van der Waals surface area contributed by atoms with Gasteiger partial charge in [0, 0.05) is 5.41 Å². The highest BCUT2D eigenvalue weighted by molar-refractivity contribution is 5.89. The van der Waals surface area contributed by atoms with E-state index in [4.69, 9.17) is 4.74 Å². The number of unbranched alkanes of at least 4 members (excludes halogenated alkanes) is 1. The molecule has 0 bridgehead atoms. The summed E-state index contributed by atoms with van der Waals surface area (Å²) in [5.41, 5.74) is 5.44. The van der Waals surface area contributed by atoms with Crippen LogP contribution in [0.4, 0.5) is 8.78 Å². The SMILES string of the molecule is CC(C)=CCCCC1CCC2C3=C(CCC12C)C1(C)CCC(OC(=O)c2ccc(F)c(F)c2)C(C)(C)C1CC3. The summed E-state index contributed by atoms with van der Waals surface area (Å²) >= 11 is 0. The highest BCUT2D eigenvalue weighted by atomic mass is 19.2. The first kappa shape index (κ1) is 28.6. The number of carbonyl (C=O) groups excluding carboxylic acids is 1. The minimum atomic E-state index is -1.02. The van der Waals surface area contributed by atoms with E-state index in [9.17, 15) is 13.6 Å². The van der Waals surface area contributed by atoms with E-state index in [0.717, 1.165) is 43.2 Å². The van der Waals surface area contributed by atoms with Crippen molar-refractivity contribution < 1.29 is 18.3 Å². The number of hydrogen-bond donors (Lipinski definition) is 0. The van der Waals surface area contributed by atoms with E-state index in [1.165, 1.54) is 63.0 Å². The van der Waals surface area contributed by atoms with Crippen LogP contribution in [0.3, 0.4) is 0 Å². The molecule has 4 aliphatic rings. The second-order valence-corrected chi connectivity index (χ2v) is 14.4. The lowest BCUT2D eigenvalue weighted by atomic mass is 9.46. The van der Waals surface area contributed by atoms with Crippen LogP contribution in [0.2, 0.25) is 0 Å². The molecule has 0 saturated heterocycles. The van der Waals surface area contributed by atoms with Gasteiger partial charge in [-0.1, -0.05) is 50.5 Å². The molecule has 1 aromatic rings. The normalized spacial score (nSPS) is 35.1. The number of esters is 1. The summed E-state index contributed by atoms with van der Waals surface area (Å²) in [5, 5.41) is 0. The van der Waals surface area contributed by atoms with Gasteiger partial charge in [-0.2, -0.15) is 0 Å². The maximum Gasteiger partial charge on any atom is 0.338 e. The second kappa shape index (κ2) is 10.5. The van der Waals surface area contributed by atoms with E-state index >= 15 is 0 Å². The van der Waals surface area contributed by atoms with Gasteiger partial charge in [0.2, 0.25) is 0 Å². The summed E-state index contributed by atoms with van der Waals surface area (Å²) in [4.78, 5) is 12.9. The van der Waals surface area contributed by atoms with Crippen molar-refractivity contribution in [1.29, 1.82) is 0 Å². The van der Waals surface area contributed by atoms with Gasteiger partial charge in [0.1, 0.15) is 6.10 Å². The zero-order valence-corrected chi connectivity index (χ0v) is 25.0. The quantitative estimate of drug-likeness (QED) is 0.205. The lowest BCUT2D eigenvalue weighted by Crippen LogP contribution is -2.54. The lowest BCUT2D eigenvalue weighted by molar-refractivity contribution is -0.101. The van der Waals surface area contributed by atoms with Gasteiger partial charge >= 0.3 is 5.97 Å². The molecule has 0 spiro atoms. The van der Waals surface area contributed by atoms with Crippen molar-refractivity contribution in [2.45, 2.75) is 118 Å². The smallest absolute Gasteiger partial charge is 0.338 e. The van der Waals surface area contributed by atoms with Crippen molar-refractivity contribution in [3.63, 3.8) is 0 Å². The number of rotatable bonds is 6. The zero-order chi connectivity index (χ0) is 28.2. The maximum absolute atomic E-state index is 13.8. The van der Waals surface area contributed by atoms with E-state index in [1.54, 1.807) is 11.1 Å². The van der Waals surface area contributed by atoms with Crippen LogP contribution in [0, 0.1) is 45.6 Å². The van der Waals surface area contributed by atoms with Crippen molar-refractivity contribution >= 4 is 5.97 Å². The fourth-order valence-corrected chi connectivity index (χ4v) is 9.64. The molecule has 0 aromatic heterocycles. The Morgan fingerprint density at radius 2 is 1.77 bits per heavy atom. The number of fused-ring (bicyclic) bond motifs is 4. The van der Waals surface area contributed by atoms with Gasteiger partial charge in [0.05, 0.1) is 5.56 Å². The van der Waals surface area contributed by atoms with Gasteiger partial charge in [0.15, 0.2) is 11.6 Å². The minimum Gasteiger partial charge on any atom is -0.458 e. The average molecular weight is 539 g/mol. The van der Waals surface area contributed by atoms with Crippen molar-refractivity contribution in [3.8, 4) is 0 Å². The molecule has 39 heavy (non-hydrogen) atoms. The number of carbonyl (C=O) groups is 1. The van der Waals surface area contributed by atoms with E-state index in [0.29, 0.717) is 11.3 Å². The largest absolute Gasteiger partial charge is 0.458 e. The minimum absolute atomic E-state index is 0.0786. The van der Waals surface area contributed by atoms with Crippen molar-refractivity contribution in [2.75, 3.05) is 0 Å². The Morgan fingerprint density at radius 3 is 2.49 bits per heavy atom. The van der Waals surface area contributed by atoms with Crippen LogP contribution in [0.15, 0.2) is 41.0 Å². The first-order valence-electron chi connectivity index (χ1n) is 15.4. The molecular formula is C35H48F2O2. The molecule has 4 heteroatoms. The van der Waals surface area contributed by atoms with Crippen molar-refractivity contribution in [1.82, 2.24) is 0 Å². The molecule has 0 amide bonds. The van der Waals surface area contributed by atoms with E-state index < -0.39 is 17.6 Å². The first-order valence-corrected chi connectivity index (χ1v) is 15.4. The van der Waals surface area contributed by atoms with E-state index in [1.807, 2.05) is 0 Å². The third-order valence-corrected chi connectivity index (χ3v) is 11.8. The van der Waals surface area contributed by atoms with Crippen LogP contribution in [0.1, 0.15) is 123 Å². The molecule has 1 aromatic carbocycles. The van der Waals surface area contributed by atoms with Crippen LogP contribution < -0.4 is 0 Å². The summed E-state index contributed by atoms with van der Waals surface area (Å²) in [7, 11) is 0. The Kier molecular flexibility index (Phi) is 7.65. The summed E-state index contributed by atoms with van der Waals surface area (Å²) in [5.74, 6) is -0.507. The van der Waals surface area contributed by atoms with E-state index in [-0.39, 0.29) is 22.5 Å². The Bertz CT molecular complexity index is 1180. The highest BCUT2D eigenvalue weighted by Crippen LogP contribution is 2.67. The van der Waals surface area contributed by atoms with Crippen LogP contribution in [0.5, 0.6) is 0 Å². The van der Waals surface area contributed by atoms with Gasteiger partial charge < -0.3 is 4.74 Å². The molecule has 0 aliphatic heterocycles. The number of hydrogen-bond acceptors (Lipinski definition) is 2. The second-order valence-electron chi connectivity index (χ2n) is 14.4. The number of halogens is 2. The summed E-state index contributed by atoms with van der Waals surface area (Å²) in [6, 6.07) is 3.26.